The quantitative estimate of drug-likeness (QED) is 0.703. The summed E-state index contributed by atoms with van der Waals surface area (Å²) in [7, 11) is 4.36. The molecule has 2 fully saturated rings. The van der Waals surface area contributed by atoms with Gasteiger partial charge in [-0.1, -0.05) is 0 Å². The summed E-state index contributed by atoms with van der Waals surface area (Å²) in [5.41, 5.74) is 0. The van der Waals surface area contributed by atoms with Gasteiger partial charge in [0.05, 0.1) is 20.1 Å². The van der Waals surface area contributed by atoms with Crippen LogP contribution < -0.4 is 4.90 Å². The molecule has 0 heterocycles. The Morgan fingerprint density at radius 1 is 0.812 bits per heavy atom. The number of quaternary nitrogens is 1. The van der Waals surface area contributed by atoms with Crippen molar-refractivity contribution in [1.82, 2.24) is 0 Å². The molecule has 2 heteroatoms. The van der Waals surface area contributed by atoms with Gasteiger partial charge in [0.2, 0.25) is 0 Å². The maximum atomic E-state index is 2.24. The Morgan fingerprint density at radius 2 is 1.19 bits per heavy atom. The minimum Gasteiger partial charge on any atom is -0.337 e. The molecule has 0 spiro atoms. The summed E-state index contributed by atoms with van der Waals surface area (Å²) in [4.78, 5) is 1.48. The fourth-order valence-corrected chi connectivity index (χ4v) is 1.33. The molecule has 10 radical (unpaired) electrons. The summed E-state index contributed by atoms with van der Waals surface area (Å²) >= 11 is 0. The van der Waals surface area contributed by atoms with E-state index in [2.05, 4.69) is 46.7 Å². The maximum absolute atomic E-state index is 2.24. The van der Waals surface area contributed by atoms with Gasteiger partial charge < -0.3 is 4.90 Å². The van der Waals surface area contributed by atoms with Gasteiger partial charge in [-0.25, -0.2) is 0 Å². The molecule has 16 heavy (non-hydrogen) atoms. The third kappa shape index (κ3) is 6.27. The van der Waals surface area contributed by atoms with Gasteiger partial charge in [0, 0.05) is 23.0 Å². The van der Waals surface area contributed by atoms with E-state index >= 15 is 0 Å². The molecule has 1 atom stereocenters. The molecule has 0 saturated heterocycles. The third-order valence-electron chi connectivity index (χ3n) is 2.61. The summed E-state index contributed by atoms with van der Waals surface area (Å²) in [6.07, 6.45) is 18.5. The molecule has 0 aromatic heterocycles. The van der Waals surface area contributed by atoms with Crippen molar-refractivity contribution in [3.05, 3.63) is 63.7 Å². The van der Waals surface area contributed by atoms with Crippen molar-refractivity contribution < 1.29 is 22.0 Å². The van der Waals surface area contributed by atoms with Crippen LogP contribution in [-0.2, 0) is 17.1 Å². The largest absolute Gasteiger partial charge is 0.337 e. The van der Waals surface area contributed by atoms with Crippen molar-refractivity contribution in [3.8, 4) is 0 Å². The normalized spacial score (nSPS) is 22.5. The van der Waals surface area contributed by atoms with Crippen molar-refractivity contribution in [2.75, 3.05) is 14.1 Å². The predicted molar refractivity (Wildman–Crippen MR) is 64.2 cm³/mol. The molecule has 0 aromatic carbocycles. The molecule has 0 bridgehead atoms. The van der Waals surface area contributed by atoms with Crippen LogP contribution in [0.3, 0.4) is 0 Å². The molecular formula is C14H20FeN+. The molecular weight excluding hydrogens is 238 g/mol. The smallest absolute Gasteiger partial charge is 0.0912 e. The Balaban J connectivity index is 0.000000318. The third-order valence-corrected chi connectivity index (χ3v) is 2.61. The summed E-state index contributed by atoms with van der Waals surface area (Å²) in [5, 5.41) is 0. The molecule has 2 aliphatic carbocycles. The standard InChI is InChI=1S/C9H14N.C5H5.Fe/c1-8(10(2)3)9-6-4-5-7-9;1-2-4-5-3-1;/h4-8H,1-3H3;1-5H;/p+1/t8-;;/m0../s1. The van der Waals surface area contributed by atoms with Crippen molar-refractivity contribution in [1.29, 1.82) is 0 Å². The van der Waals surface area contributed by atoms with Gasteiger partial charge in [-0.3, -0.25) is 0 Å². The Hall–Kier alpha value is 0.479. The van der Waals surface area contributed by atoms with Crippen LogP contribution in [0.5, 0.6) is 0 Å². The first kappa shape index (κ1) is 16.5. The molecule has 0 amide bonds. The van der Waals surface area contributed by atoms with E-state index < -0.39 is 0 Å². The van der Waals surface area contributed by atoms with E-state index in [1.54, 1.807) is 0 Å². The van der Waals surface area contributed by atoms with E-state index in [9.17, 15) is 0 Å². The van der Waals surface area contributed by atoms with E-state index in [1.807, 2.05) is 32.1 Å². The van der Waals surface area contributed by atoms with Crippen LogP contribution in [0.2, 0.25) is 0 Å². The van der Waals surface area contributed by atoms with Crippen LogP contribution in [0.15, 0.2) is 0 Å². The van der Waals surface area contributed by atoms with Gasteiger partial charge in [0.25, 0.3) is 0 Å². The summed E-state index contributed by atoms with van der Waals surface area (Å²) in [5.74, 6) is 1.43. The number of rotatable bonds is 2. The SMILES string of the molecule is C[C@@H]([C]1[CH][CH][CH][CH]1)[NH+](C)C.[CH]1[CH][CH][CH][CH]1.[Fe]. The summed E-state index contributed by atoms with van der Waals surface area (Å²) in [6, 6.07) is 0.620. The van der Waals surface area contributed by atoms with E-state index in [-0.39, 0.29) is 17.1 Å². The first-order chi connectivity index (χ1) is 7.22. The van der Waals surface area contributed by atoms with Gasteiger partial charge in [-0.05, 0) is 64.7 Å². The molecule has 2 aliphatic rings. The second-order valence-corrected chi connectivity index (χ2v) is 3.98. The monoisotopic (exact) mass is 258 g/mol. The summed E-state index contributed by atoms with van der Waals surface area (Å²) in [6.45, 7) is 2.24. The molecule has 0 unspecified atom stereocenters. The van der Waals surface area contributed by atoms with Gasteiger partial charge in [-0.15, -0.1) is 0 Å². The van der Waals surface area contributed by atoms with E-state index in [0.29, 0.717) is 6.04 Å². The fourth-order valence-electron chi connectivity index (χ4n) is 1.33. The van der Waals surface area contributed by atoms with Gasteiger partial charge in [0.1, 0.15) is 0 Å². The van der Waals surface area contributed by atoms with E-state index in [0.717, 1.165) is 0 Å². The van der Waals surface area contributed by atoms with Gasteiger partial charge in [0.15, 0.2) is 0 Å². The second-order valence-electron chi connectivity index (χ2n) is 3.98. The molecule has 0 aliphatic heterocycles. The van der Waals surface area contributed by atoms with E-state index in [1.165, 1.54) is 10.8 Å². The van der Waals surface area contributed by atoms with Crippen LogP contribution in [0, 0.1) is 63.7 Å². The van der Waals surface area contributed by atoms with Crippen molar-refractivity contribution in [3.63, 3.8) is 0 Å². The average molecular weight is 258 g/mol. The molecule has 2 saturated carbocycles. The first-order valence-electron chi connectivity index (χ1n) is 5.40. The fraction of sp³-hybridized carbons (Fsp3) is 0.286. The number of nitrogens with one attached hydrogen (secondary N) is 1. The molecule has 88 valence electrons. The Kier molecular flexibility index (Phi) is 9.79. The Bertz CT molecular complexity index is 141. The summed E-state index contributed by atoms with van der Waals surface area (Å²) < 4.78 is 0. The minimum absolute atomic E-state index is 0. The Morgan fingerprint density at radius 3 is 1.50 bits per heavy atom. The van der Waals surface area contributed by atoms with Crippen molar-refractivity contribution in [2.45, 2.75) is 13.0 Å². The van der Waals surface area contributed by atoms with Crippen LogP contribution >= 0.6 is 0 Å². The maximum Gasteiger partial charge on any atom is 0.0912 e. The zero-order valence-electron chi connectivity index (χ0n) is 10.1. The zero-order valence-corrected chi connectivity index (χ0v) is 11.2. The zero-order chi connectivity index (χ0) is 11.1. The minimum atomic E-state index is 0. The number of hydrogen-bond donors (Lipinski definition) is 1. The molecule has 0 aromatic rings. The topological polar surface area (TPSA) is 4.44 Å². The van der Waals surface area contributed by atoms with Crippen molar-refractivity contribution >= 4 is 0 Å². The van der Waals surface area contributed by atoms with Gasteiger partial charge in [-0.2, -0.15) is 0 Å². The van der Waals surface area contributed by atoms with Crippen molar-refractivity contribution in [2.24, 2.45) is 0 Å². The van der Waals surface area contributed by atoms with Crippen LogP contribution in [-0.4, -0.2) is 20.1 Å². The Labute approximate surface area is 113 Å². The average Bonchev–Trinajstić information content (AvgIpc) is 2.92. The predicted octanol–water partition coefficient (Wildman–Crippen LogP) is 0.944. The molecule has 2 rings (SSSR count). The number of hydrogen-bond acceptors (Lipinski definition) is 0. The molecule has 1 N–H and O–H groups in total. The molecule has 1 nitrogen and oxygen atoms in total. The van der Waals surface area contributed by atoms with Gasteiger partial charge >= 0.3 is 0 Å². The van der Waals surface area contributed by atoms with E-state index in [4.69, 9.17) is 0 Å². The van der Waals surface area contributed by atoms with Crippen LogP contribution in [0.25, 0.3) is 0 Å². The first-order valence-corrected chi connectivity index (χ1v) is 5.40. The van der Waals surface area contributed by atoms with Crippen LogP contribution in [0.4, 0.5) is 0 Å². The second kappa shape index (κ2) is 9.50. The van der Waals surface area contributed by atoms with Crippen LogP contribution in [0.1, 0.15) is 6.92 Å².